The molecule has 0 bridgehead atoms. The highest BCUT2D eigenvalue weighted by Crippen LogP contribution is 2.32. The standard InChI is InChI=1S/C13H17ClN4S/c1-4-15-8-10-11(14)6-5-7-12(10)19-13-17-16-9(2)18(13)3/h5-7,15H,4,8H2,1-3H3. The largest absolute Gasteiger partial charge is 0.313 e. The van der Waals surface area contributed by atoms with Crippen LogP contribution in [0.1, 0.15) is 18.3 Å². The molecule has 2 aromatic rings. The number of aryl methyl sites for hydroxylation is 1. The lowest BCUT2D eigenvalue weighted by atomic mass is 10.2. The van der Waals surface area contributed by atoms with Gasteiger partial charge in [-0.2, -0.15) is 0 Å². The van der Waals surface area contributed by atoms with Crippen LogP contribution >= 0.6 is 23.4 Å². The van der Waals surface area contributed by atoms with Gasteiger partial charge in [0.15, 0.2) is 5.16 Å². The van der Waals surface area contributed by atoms with E-state index in [2.05, 4.69) is 28.5 Å². The second-order valence-corrected chi connectivity index (χ2v) is 5.60. The fourth-order valence-corrected chi connectivity index (χ4v) is 2.93. The fourth-order valence-electron chi connectivity index (χ4n) is 1.63. The van der Waals surface area contributed by atoms with Crippen LogP contribution in [0.15, 0.2) is 28.3 Å². The van der Waals surface area contributed by atoms with Crippen LogP contribution in [-0.2, 0) is 13.6 Å². The highest BCUT2D eigenvalue weighted by molar-refractivity contribution is 7.99. The van der Waals surface area contributed by atoms with Gasteiger partial charge in [-0.3, -0.25) is 0 Å². The monoisotopic (exact) mass is 296 g/mol. The lowest BCUT2D eigenvalue weighted by Crippen LogP contribution is -2.12. The van der Waals surface area contributed by atoms with E-state index in [1.54, 1.807) is 11.8 Å². The van der Waals surface area contributed by atoms with Crippen molar-refractivity contribution >= 4 is 23.4 Å². The molecule has 0 atom stereocenters. The molecule has 2 rings (SSSR count). The van der Waals surface area contributed by atoms with Crippen LogP contribution in [0.2, 0.25) is 5.02 Å². The first-order valence-corrected chi connectivity index (χ1v) is 7.35. The summed E-state index contributed by atoms with van der Waals surface area (Å²) in [4.78, 5) is 1.11. The van der Waals surface area contributed by atoms with Gasteiger partial charge in [0.05, 0.1) is 0 Å². The molecule has 0 aliphatic heterocycles. The molecule has 0 fully saturated rings. The molecule has 1 heterocycles. The normalized spacial score (nSPS) is 10.9. The number of aromatic nitrogens is 3. The molecule has 0 amide bonds. The third kappa shape index (κ3) is 3.29. The number of rotatable bonds is 5. The van der Waals surface area contributed by atoms with E-state index in [1.165, 1.54) is 0 Å². The Morgan fingerprint density at radius 1 is 1.37 bits per heavy atom. The van der Waals surface area contributed by atoms with Gasteiger partial charge in [-0.25, -0.2) is 0 Å². The van der Waals surface area contributed by atoms with Crippen molar-refractivity contribution in [1.82, 2.24) is 20.1 Å². The predicted octanol–water partition coefficient (Wildman–Crippen LogP) is 3.04. The lowest BCUT2D eigenvalue weighted by molar-refractivity contribution is 0.717. The van der Waals surface area contributed by atoms with Crippen LogP contribution in [-0.4, -0.2) is 21.3 Å². The first-order chi connectivity index (χ1) is 9.13. The van der Waals surface area contributed by atoms with Gasteiger partial charge in [0, 0.05) is 23.5 Å². The minimum Gasteiger partial charge on any atom is -0.313 e. The third-order valence-electron chi connectivity index (χ3n) is 2.88. The van der Waals surface area contributed by atoms with Gasteiger partial charge in [-0.15, -0.1) is 10.2 Å². The summed E-state index contributed by atoms with van der Waals surface area (Å²) in [6.45, 7) is 5.69. The van der Waals surface area contributed by atoms with Crippen molar-refractivity contribution in [2.75, 3.05) is 6.54 Å². The molecule has 19 heavy (non-hydrogen) atoms. The Balaban J connectivity index is 2.29. The smallest absolute Gasteiger partial charge is 0.195 e. The molecule has 0 aliphatic carbocycles. The quantitative estimate of drug-likeness (QED) is 0.921. The minimum absolute atomic E-state index is 0.759. The Bertz CT molecular complexity index is 568. The van der Waals surface area contributed by atoms with Crippen LogP contribution < -0.4 is 5.32 Å². The Hall–Kier alpha value is -1.04. The molecule has 0 saturated heterocycles. The molecule has 1 aromatic carbocycles. The molecule has 1 aromatic heterocycles. The van der Waals surface area contributed by atoms with Crippen molar-refractivity contribution in [3.8, 4) is 0 Å². The second kappa shape index (κ2) is 6.41. The first-order valence-electron chi connectivity index (χ1n) is 6.15. The number of hydrogen-bond acceptors (Lipinski definition) is 4. The topological polar surface area (TPSA) is 42.7 Å². The minimum atomic E-state index is 0.759. The van der Waals surface area contributed by atoms with E-state index in [-0.39, 0.29) is 0 Å². The first kappa shape index (κ1) is 14.4. The van der Waals surface area contributed by atoms with Crippen molar-refractivity contribution < 1.29 is 0 Å². The average Bonchev–Trinajstić information content (AvgIpc) is 2.70. The van der Waals surface area contributed by atoms with E-state index in [0.717, 1.165) is 39.6 Å². The molecule has 0 radical (unpaired) electrons. The maximum Gasteiger partial charge on any atom is 0.195 e. The van der Waals surface area contributed by atoms with Crippen LogP contribution in [0.25, 0.3) is 0 Å². The van der Waals surface area contributed by atoms with E-state index in [0.29, 0.717) is 0 Å². The molecule has 4 nitrogen and oxygen atoms in total. The number of halogens is 1. The number of hydrogen-bond donors (Lipinski definition) is 1. The summed E-state index contributed by atoms with van der Waals surface area (Å²) in [7, 11) is 1.96. The number of nitrogens with one attached hydrogen (secondary N) is 1. The number of nitrogens with zero attached hydrogens (tertiary/aromatic N) is 3. The zero-order chi connectivity index (χ0) is 13.8. The van der Waals surface area contributed by atoms with E-state index in [9.17, 15) is 0 Å². The highest BCUT2D eigenvalue weighted by Gasteiger charge is 2.12. The zero-order valence-electron chi connectivity index (χ0n) is 11.3. The highest BCUT2D eigenvalue weighted by atomic mass is 35.5. The summed E-state index contributed by atoms with van der Waals surface area (Å²) in [6, 6.07) is 5.94. The van der Waals surface area contributed by atoms with Gasteiger partial charge in [0.1, 0.15) is 5.82 Å². The van der Waals surface area contributed by atoms with E-state index < -0.39 is 0 Å². The maximum absolute atomic E-state index is 6.28. The molecule has 102 valence electrons. The average molecular weight is 297 g/mol. The van der Waals surface area contributed by atoms with E-state index >= 15 is 0 Å². The molecule has 0 aliphatic rings. The Kier molecular flexibility index (Phi) is 4.85. The van der Waals surface area contributed by atoms with Crippen molar-refractivity contribution in [1.29, 1.82) is 0 Å². The molecule has 6 heteroatoms. The molecular weight excluding hydrogens is 280 g/mol. The Morgan fingerprint density at radius 2 is 2.16 bits per heavy atom. The van der Waals surface area contributed by atoms with Crippen molar-refractivity contribution in [2.24, 2.45) is 7.05 Å². The Labute approximate surface area is 122 Å². The lowest BCUT2D eigenvalue weighted by Gasteiger charge is -2.11. The molecule has 0 spiro atoms. The predicted molar refractivity (Wildman–Crippen MR) is 78.7 cm³/mol. The van der Waals surface area contributed by atoms with Crippen molar-refractivity contribution in [2.45, 2.75) is 30.4 Å². The van der Waals surface area contributed by atoms with Crippen molar-refractivity contribution in [3.05, 3.63) is 34.6 Å². The molecule has 0 unspecified atom stereocenters. The summed E-state index contributed by atoms with van der Waals surface area (Å²) in [5.74, 6) is 0.901. The van der Waals surface area contributed by atoms with Crippen molar-refractivity contribution in [3.63, 3.8) is 0 Å². The summed E-state index contributed by atoms with van der Waals surface area (Å²) < 4.78 is 1.97. The summed E-state index contributed by atoms with van der Waals surface area (Å²) >= 11 is 7.87. The maximum atomic E-state index is 6.28. The van der Waals surface area contributed by atoms with Gasteiger partial charge < -0.3 is 9.88 Å². The summed E-state index contributed by atoms with van der Waals surface area (Å²) in [5.41, 5.74) is 1.11. The van der Waals surface area contributed by atoms with E-state index in [1.807, 2.05) is 30.7 Å². The van der Waals surface area contributed by atoms with Crippen LogP contribution in [0.4, 0.5) is 0 Å². The molecule has 1 N–H and O–H groups in total. The van der Waals surface area contributed by atoms with Gasteiger partial charge in [-0.1, -0.05) is 24.6 Å². The van der Waals surface area contributed by atoms with Gasteiger partial charge >= 0.3 is 0 Å². The van der Waals surface area contributed by atoms with Gasteiger partial charge in [0.2, 0.25) is 0 Å². The third-order valence-corrected chi connectivity index (χ3v) is 4.38. The molecule has 0 saturated carbocycles. The summed E-state index contributed by atoms with van der Waals surface area (Å²) in [6.07, 6.45) is 0. The molecular formula is C13H17ClN4S. The number of benzene rings is 1. The van der Waals surface area contributed by atoms with Gasteiger partial charge in [0.25, 0.3) is 0 Å². The second-order valence-electron chi connectivity index (χ2n) is 4.19. The Morgan fingerprint density at radius 3 is 2.79 bits per heavy atom. The van der Waals surface area contributed by atoms with Crippen LogP contribution in [0.3, 0.4) is 0 Å². The SMILES string of the molecule is CCNCc1c(Cl)cccc1Sc1nnc(C)n1C. The summed E-state index contributed by atoms with van der Waals surface area (Å²) in [5, 5.41) is 13.2. The van der Waals surface area contributed by atoms with Gasteiger partial charge in [-0.05, 0) is 42.9 Å². The zero-order valence-corrected chi connectivity index (χ0v) is 12.8. The van der Waals surface area contributed by atoms with E-state index in [4.69, 9.17) is 11.6 Å². The van der Waals surface area contributed by atoms with Crippen LogP contribution in [0.5, 0.6) is 0 Å². The fraction of sp³-hybridized carbons (Fsp3) is 0.385. The van der Waals surface area contributed by atoms with Crippen LogP contribution in [0, 0.1) is 6.92 Å².